The van der Waals surface area contributed by atoms with Gasteiger partial charge in [0, 0.05) is 21.8 Å². The molecule has 5 rings (SSSR count). The molecule has 0 amide bonds. The summed E-state index contributed by atoms with van der Waals surface area (Å²) in [4.78, 5) is 13.2. The molecule has 27 heavy (non-hydrogen) atoms. The molecule has 4 nitrogen and oxygen atoms in total. The minimum atomic E-state index is -0.416. The van der Waals surface area contributed by atoms with Crippen molar-refractivity contribution in [3.63, 3.8) is 0 Å². The van der Waals surface area contributed by atoms with Crippen molar-refractivity contribution in [2.45, 2.75) is 26.2 Å². The van der Waals surface area contributed by atoms with Gasteiger partial charge >= 0.3 is 0 Å². The highest BCUT2D eigenvalue weighted by Crippen LogP contribution is 2.46. The van der Waals surface area contributed by atoms with Gasteiger partial charge in [-0.3, -0.25) is 4.79 Å². The zero-order valence-corrected chi connectivity index (χ0v) is 15.8. The van der Waals surface area contributed by atoms with Gasteiger partial charge in [-0.1, -0.05) is 25.1 Å². The number of para-hydroxylation sites is 1. The molecule has 0 bridgehead atoms. The molecule has 1 aliphatic heterocycles. The maximum absolute atomic E-state index is 13.2. The Balaban J connectivity index is 1.58. The van der Waals surface area contributed by atoms with E-state index in [1.165, 1.54) is 0 Å². The second-order valence-electron chi connectivity index (χ2n) is 8.56. The van der Waals surface area contributed by atoms with E-state index in [4.69, 9.17) is 13.9 Å². The maximum atomic E-state index is 13.2. The normalized spacial score (nSPS) is 19.3. The van der Waals surface area contributed by atoms with Crippen LogP contribution in [0.25, 0.3) is 11.0 Å². The molecule has 0 atom stereocenters. The molecule has 2 aliphatic rings. The van der Waals surface area contributed by atoms with E-state index in [1.807, 2.05) is 42.5 Å². The van der Waals surface area contributed by atoms with Gasteiger partial charge in [0.25, 0.3) is 0 Å². The van der Waals surface area contributed by atoms with Gasteiger partial charge in [0.1, 0.15) is 17.1 Å². The molecular weight excluding hydrogens is 340 g/mol. The van der Waals surface area contributed by atoms with Gasteiger partial charge in [-0.15, -0.1) is 0 Å². The molecule has 0 N–H and O–H groups in total. The second-order valence-corrected chi connectivity index (χ2v) is 8.56. The summed E-state index contributed by atoms with van der Waals surface area (Å²) >= 11 is 0. The van der Waals surface area contributed by atoms with Crippen molar-refractivity contribution in [1.29, 1.82) is 0 Å². The molecule has 0 spiro atoms. The van der Waals surface area contributed by atoms with Gasteiger partial charge in [-0.2, -0.15) is 0 Å². The zero-order chi connectivity index (χ0) is 18.8. The van der Waals surface area contributed by atoms with Crippen molar-refractivity contribution in [3.05, 3.63) is 64.9 Å². The van der Waals surface area contributed by atoms with E-state index < -0.39 is 5.41 Å². The largest absolute Gasteiger partial charge is 0.493 e. The number of carbonyl (C=O) groups is 1. The third kappa shape index (κ3) is 2.36. The number of ketones is 1. The Hall–Kier alpha value is -2.59. The average Bonchev–Trinajstić information content (AvgIpc) is 3.04. The molecule has 138 valence electrons. The van der Waals surface area contributed by atoms with E-state index in [1.54, 1.807) is 0 Å². The Morgan fingerprint density at radius 1 is 1.07 bits per heavy atom. The lowest BCUT2D eigenvalue weighted by molar-refractivity contribution is -0.120. The third-order valence-corrected chi connectivity index (χ3v) is 5.79. The Labute approximate surface area is 158 Å². The number of hydrogen-bond acceptors (Lipinski definition) is 4. The van der Waals surface area contributed by atoms with Gasteiger partial charge < -0.3 is 13.9 Å². The summed E-state index contributed by atoms with van der Waals surface area (Å²) in [5.74, 6) is 1.54. The molecule has 0 unspecified atom stereocenters. The van der Waals surface area contributed by atoms with Crippen LogP contribution in [0.1, 0.15) is 48.0 Å². The maximum Gasteiger partial charge on any atom is 0.197 e. The molecule has 1 aromatic heterocycles. The first-order valence-corrected chi connectivity index (χ1v) is 9.31. The van der Waals surface area contributed by atoms with Crippen molar-refractivity contribution in [2.24, 2.45) is 5.41 Å². The standard InChI is InChI=1S/C23H22O4/c1-22(2)17-10-14(26-13-23(3)11-25-12-23)8-9-15(17)20(24)19-16-6-4-5-7-18(16)27-21(19)22/h4-10H,11-13H2,1-3H3. The van der Waals surface area contributed by atoms with Crippen LogP contribution in [0.15, 0.2) is 46.9 Å². The molecule has 1 fully saturated rings. The summed E-state index contributed by atoms with van der Waals surface area (Å²) in [5.41, 5.74) is 2.78. The highest BCUT2D eigenvalue weighted by atomic mass is 16.5. The average molecular weight is 362 g/mol. The topological polar surface area (TPSA) is 48.7 Å². The zero-order valence-electron chi connectivity index (χ0n) is 15.8. The molecule has 1 saturated heterocycles. The van der Waals surface area contributed by atoms with Crippen LogP contribution < -0.4 is 4.74 Å². The van der Waals surface area contributed by atoms with Crippen LogP contribution in [-0.4, -0.2) is 25.6 Å². The molecule has 4 heteroatoms. The molecule has 0 radical (unpaired) electrons. The van der Waals surface area contributed by atoms with Crippen LogP contribution >= 0.6 is 0 Å². The van der Waals surface area contributed by atoms with Crippen LogP contribution in [0.4, 0.5) is 0 Å². The van der Waals surface area contributed by atoms with Gasteiger partial charge in [0.15, 0.2) is 5.78 Å². The minimum Gasteiger partial charge on any atom is -0.493 e. The highest BCUT2D eigenvalue weighted by Gasteiger charge is 2.42. The van der Waals surface area contributed by atoms with E-state index in [2.05, 4.69) is 20.8 Å². The number of ether oxygens (including phenoxy) is 2. The van der Waals surface area contributed by atoms with E-state index >= 15 is 0 Å². The van der Waals surface area contributed by atoms with Crippen molar-refractivity contribution in [3.8, 4) is 5.75 Å². The smallest absolute Gasteiger partial charge is 0.197 e. The SMILES string of the molecule is CC1(COc2ccc3c(c2)C(C)(C)c2oc4ccccc4c2C3=O)COC1. The lowest BCUT2D eigenvalue weighted by atomic mass is 9.71. The monoisotopic (exact) mass is 362 g/mol. The lowest BCUT2D eigenvalue weighted by Gasteiger charge is -2.37. The van der Waals surface area contributed by atoms with E-state index in [-0.39, 0.29) is 11.2 Å². The minimum absolute atomic E-state index is 0.0233. The number of rotatable bonds is 3. The number of hydrogen-bond donors (Lipinski definition) is 0. The Kier molecular flexibility index (Phi) is 3.35. The predicted octanol–water partition coefficient (Wildman–Crippen LogP) is 4.72. The second kappa shape index (κ2) is 5.46. The number of benzene rings is 2. The summed E-state index contributed by atoms with van der Waals surface area (Å²) in [7, 11) is 0. The fourth-order valence-corrected chi connectivity index (χ4v) is 4.09. The Morgan fingerprint density at radius 3 is 2.59 bits per heavy atom. The van der Waals surface area contributed by atoms with E-state index in [9.17, 15) is 4.79 Å². The summed E-state index contributed by atoms with van der Waals surface area (Å²) in [6.45, 7) is 8.42. The highest BCUT2D eigenvalue weighted by molar-refractivity contribution is 6.19. The fourth-order valence-electron chi connectivity index (χ4n) is 4.09. The van der Waals surface area contributed by atoms with E-state index in [0.717, 1.165) is 46.8 Å². The quantitative estimate of drug-likeness (QED) is 0.676. The number of fused-ring (bicyclic) bond motifs is 4. The molecule has 2 heterocycles. The fraction of sp³-hybridized carbons (Fsp3) is 0.348. The third-order valence-electron chi connectivity index (χ3n) is 5.79. The van der Waals surface area contributed by atoms with Gasteiger partial charge in [-0.25, -0.2) is 0 Å². The van der Waals surface area contributed by atoms with Crippen molar-refractivity contribution in [2.75, 3.05) is 19.8 Å². The van der Waals surface area contributed by atoms with Crippen LogP contribution in [0, 0.1) is 5.41 Å². The van der Waals surface area contributed by atoms with Gasteiger partial charge in [0.2, 0.25) is 0 Å². The predicted molar refractivity (Wildman–Crippen MR) is 103 cm³/mol. The Morgan fingerprint density at radius 2 is 1.85 bits per heavy atom. The summed E-state index contributed by atoms with van der Waals surface area (Å²) in [6.07, 6.45) is 0. The van der Waals surface area contributed by atoms with Crippen molar-refractivity contribution < 1.29 is 18.7 Å². The Bertz CT molecular complexity index is 1070. The van der Waals surface area contributed by atoms with Gasteiger partial charge in [0.05, 0.1) is 25.4 Å². The molecule has 2 aromatic carbocycles. The van der Waals surface area contributed by atoms with Crippen LogP contribution in [-0.2, 0) is 10.2 Å². The van der Waals surface area contributed by atoms with Crippen molar-refractivity contribution >= 4 is 16.8 Å². The summed E-state index contributed by atoms with van der Waals surface area (Å²) < 4.78 is 17.5. The van der Waals surface area contributed by atoms with Crippen LogP contribution in [0.2, 0.25) is 0 Å². The molecule has 3 aromatic rings. The molecular formula is C23H22O4. The summed E-state index contributed by atoms with van der Waals surface area (Å²) in [5, 5.41) is 0.884. The summed E-state index contributed by atoms with van der Waals surface area (Å²) in [6, 6.07) is 13.5. The van der Waals surface area contributed by atoms with Crippen LogP contribution in [0.3, 0.4) is 0 Å². The first-order valence-electron chi connectivity index (χ1n) is 9.31. The van der Waals surface area contributed by atoms with E-state index in [0.29, 0.717) is 12.2 Å². The first kappa shape index (κ1) is 16.6. The number of carbonyl (C=O) groups excluding carboxylic acids is 1. The van der Waals surface area contributed by atoms with Crippen LogP contribution in [0.5, 0.6) is 5.75 Å². The first-order chi connectivity index (χ1) is 12.9. The number of furan rings is 1. The van der Waals surface area contributed by atoms with Crippen molar-refractivity contribution in [1.82, 2.24) is 0 Å². The molecule has 1 aliphatic carbocycles. The van der Waals surface area contributed by atoms with Gasteiger partial charge in [-0.05, 0) is 43.7 Å². The molecule has 0 saturated carbocycles. The lowest BCUT2D eigenvalue weighted by Crippen LogP contribution is -2.44.